The summed E-state index contributed by atoms with van der Waals surface area (Å²) in [7, 11) is 0. The van der Waals surface area contributed by atoms with Crippen molar-refractivity contribution in [2.24, 2.45) is 0 Å². The Labute approximate surface area is 120 Å². The highest BCUT2D eigenvalue weighted by atomic mass is 32.2. The summed E-state index contributed by atoms with van der Waals surface area (Å²) in [6.45, 7) is 0. The Morgan fingerprint density at radius 3 is 3.16 bits per heavy atom. The van der Waals surface area contributed by atoms with Crippen molar-refractivity contribution in [1.82, 2.24) is 18.9 Å². The highest BCUT2D eigenvalue weighted by Crippen LogP contribution is 2.22. The molecular weight excluding hydrogens is 302 g/mol. The average molecular weight is 309 g/mol. The van der Waals surface area contributed by atoms with E-state index >= 15 is 0 Å². The van der Waals surface area contributed by atoms with Crippen LogP contribution in [-0.2, 0) is 4.79 Å². The summed E-state index contributed by atoms with van der Waals surface area (Å²) in [5, 5.41) is 10.4. The molecule has 0 aliphatic carbocycles. The molecule has 0 bridgehead atoms. The second-order valence-corrected chi connectivity index (χ2v) is 6.06. The van der Waals surface area contributed by atoms with Crippen molar-refractivity contribution in [3.8, 4) is 0 Å². The third-order valence-corrected chi connectivity index (χ3v) is 4.63. The molecule has 19 heavy (non-hydrogen) atoms. The zero-order valence-electron chi connectivity index (χ0n) is 9.44. The fraction of sp³-hybridized carbons (Fsp3) is 0.100. The average Bonchev–Trinajstić information content (AvgIpc) is 3.08. The van der Waals surface area contributed by atoms with Crippen molar-refractivity contribution >= 4 is 57.5 Å². The third kappa shape index (κ3) is 2.88. The molecule has 0 spiro atoms. The van der Waals surface area contributed by atoms with Crippen LogP contribution in [0.4, 0.5) is 5.69 Å². The molecule has 0 aliphatic heterocycles. The molecule has 3 aromatic rings. The van der Waals surface area contributed by atoms with Gasteiger partial charge in [0.2, 0.25) is 5.91 Å². The second-order valence-electron chi connectivity index (χ2n) is 3.48. The van der Waals surface area contributed by atoms with Gasteiger partial charge < -0.3 is 5.32 Å². The first-order chi connectivity index (χ1) is 9.33. The number of anilines is 1. The predicted molar refractivity (Wildman–Crippen MR) is 76.7 cm³/mol. The van der Waals surface area contributed by atoms with Crippen molar-refractivity contribution in [3.63, 3.8) is 0 Å². The van der Waals surface area contributed by atoms with Crippen LogP contribution in [0.1, 0.15) is 0 Å². The number of fused-ring (bicyclic) bond motifs is 1. The smallest absolute Gasteiger partial charge is 0.234 e. The quantitative estimate of drug-likeness (QED) is 0.745. The Hall–Kier alpha value is -1.58. The van der Waals surface area contributed by atoms with Crippen LogP contribution in [0.15, 0.2) is 28.0 Å². The van der Waals surface area contributed by atoms with Crippen LogP contribution >= 0.6 is 34.8 Å². The lowest BCUT2D eigenvalue weighted by atomic mass is 10.2. The van der Waals surface area contributed by atoms with Crippen LogP contribution in [-0.4, -0.2) is 30.6 Å². The number of nitrogens with zero attached hydrogens (tertiary/aromatic N) is 4. The van der Waals surface area contributed by atoms with Crippen LogP contribution in [0, 0.1) is 0 Å². The van der Waals surface area contributed by atoms with Gasteiger partial charge >= 0.3 is 0 Å². The monoisotopic (exact) mass is 309 g/mol. The molecule has 3 rings (SSSR count). The van der Waals surface area contributed by atoms with Gasteiger partial charge in [-0.3, -0.25) is 4.79 Å². The van der Waals surface area contributed by atoms with Gasteiger partial charge in [0, 0.05) is 0 Å². The SMILES string of the molecule is O=C(CSc1nncs1)Nc1cccc2nsnc12. The summed E-state index contributed by atoms with van der Waals surface area (Å²) in [5.41, 5.74) is 3.84. The Morgan fingerprint density at radius 2 is 2.32 bits per heavy atom. The van der Waals surface area contributed by atoms with Gasteiger partial charge in [0.1, 0.15) is 16.5 Å². The second kappa shape index (κ2) is 5.59. The topological polar surface area (TPSA) is 80.7 Å². The molecule has 0 radical (unpaired) electrons. The van der Waals surface area contributed by atoms with E-state index in [-0.39, 0.29) is 5.91 Å². The number of aromatic nitrogens is 4. The number of benzene rings is 1. The molecule has 0 unspecified atom stereocenters. The number of hydrogen-bond acceptors (Lipinski definition) is 8. The van der Waals surface area contributed by atoms with Gasteiger partial charge in [0.25, 0.3) is 0 Å². The molecule has 6 nitrogen and oxygen atoms in total. The summed E-state index contributed by atoms with van der Waals surface area (Å²) in [6.07, 6.45) is 0. The molecule has 0 fully saturated rings. The number of thioether (sulfide) groups is 1. The van der Waals surface area contributed by atoms with E-state index in [0.717, 1.165) is 27.1 Å². The first kappa shape index (κ1) is 12.5. The molecule has 2 aromatic heterocycles. The van der Waals surface area contributed by atoms with E-state index in [2.05, 4.69) is 24.3 Å². The number of nitrogens with one attached hydrogen (secondary N) is 1. The fourth-order valence-electron chi connectivity index (χ4n) is 1.45. The molecular formula is C10H7N5OS3. The molecule has 0 saturated carbocycles. The molecule has 1 N–H and O–H groups in total. The summed E-state index contributed by atoms with van der Waals surface area (Å²) in [5.74, 6) is 0.198. The van der Waals surface area contributed by atoms with Crippen LogP contribution in [0.3, 0.4) is 0 Å². The van der Waals surface area contributed by atoms with Gasteiger partial charge in [-0.05, 0) is 12.1 Å². The van der Waals surface area contributed by atoms with Crippen LogP contribution < -0.4 is 5.32 Å². The number of carbonyl (C=O) groups is 1. The van der Waals surface area contributed by atoms with Crippen molar-refractivity contribution in [1.29, 1.82) is 0 Å². The highest BCUT2D eigenvalue weighted by molar-refractivity contribution is 8.01. The molecule has 0 saturated heterocycles. The summed E-state index contributed by atoms with van der Waals surface area (Å²) < 4.78 is 9.08. The lowest BCUT2D eigenvalue weighted by molar-refractivity contribution is -0.113. The van der Waals surface area contributed by atoms with E-state index < -0.39 is 0 Å². The Morgan fingerprint density at radius 1 is 1.37 bits per heavy atom. The highest BCUT2D eigenvalue weighted by Gasteiger charge is 2.09. The Kier molecular flexibility index (Phi) is 3.67. The maximum absolute atomic E-state index is 11.9. The van der Waals surface area contributed by atoms with E-state index in [1.165, 1.54) is 23.1 Å². The van der Waals surface area contributed by atoms with Crippen molar-refractivity contribution < 1.29 is 4.79 Å². The molecule has 1 aromatic carbocycles. The number of rotatable bonds is 4. The van der Waals surface area contributed by atoms with Crippen molar-refractivity contribution in [3.05, 3.63) is 23.7 Å². The Balaban J connectivity index is 1.67. The maximum Gasteiger partial charge on any atom is 0.234 e. The first-order valence-electron chi connectivity index (χ1n) is 5.23. The summed E-state index contributed by atoms with van der Waals surface area (Å²) >= 11 is 3.91. The predicted octanol–water partition coefficient (Wildman–Crippen LogP) is 2.27. The molecule has 9 heteroatoms. The van der Waals surface area contributed by atoms with Gasteiger partial charge in [0.15, 0.2) is 4.34 Å². The molecule has 2 heterocycles. The minimum absolute atomic E-state index is 0.0966. The zero-order valence-corrected chi connectivity index (χ0v) is 11.9. The minimum Gasteiger partial charge on any atom is -0.323 e. The lowest BCUT2D eigenvalue weighted by Gasteiger charge is -2.04. The van der Waals surface area contributed by atoms with Crippen LogP contribution in [0.5, 0.6) is 0 Å². The lowest BCUT2D eigenvalue weighted by Crippen LogP contribution is -2.14. The number of carbonyl (C=O) groups excluding carboxylic acids is 1. The van der Waals surface area contributed by atoms with E-state index in [9.17, 15) is 4.79 Å². The van der Waals surface area contributed by atoms with E-state index in [1.807, 2.05) is 18.2 Å². The van der Waals surface area contributed by atoms with Gasteiger partial charge in [-0.25, -0.2) is 0 Å². The molecule has 0 aliphatic rings. The van der Waals surface area contributed by atoms with Gasteiger partial charge in [0.05, 0.1) is 23.2 Å². The van der Waals surface area contributed by atoms with E-state index in [1.54, 1.807) is 5.51 Å². The maximum atomic E-state index is 11.9. The zero-order chi connectivity index (χ0) is 13.1. The fourth-order valence-corrected chi connectivity index (χ4v) is 3.28. The summed E-state index contributed by atoms with van der Waals surface area (Å²) in [6, 6.07) is 5.53. The van der Waals surface area contributed by atoms with Gasteiger partial charge in [-0.15, -0.1) is 10.2 Å². The Bertz CT molecular complexity index is 696. The van der Waals surface area contributed by atoms with E-state index in [0.29, 0.717) is 11.4 Å². The third-order valence-electron chi connectivity index (χ3n) is 2.23. The van der Waals surface area contributed by atoms with Gasteiger partial charge in [-0.1, -0.05) is 29.2 Å². The number of amides is 1. The molecule has 1 amide bonds. The van der Waals surface area contributed by atoms with Crippen LogP contribution in [0.2, 0.25) is 0 Å². The summed E-state index contributed by atoms with van der Waals surface area (Å²) in [4.78, 5) is 11.9. The molecule has 96 valence electrons. The van der Waals surface area contributed by atoms with Crippen LogP contribution in [0.25, 0.3) is 11.0 Å². The van der Waals surface area contributed by atoms with E-state index in [4.69, 9.17) is 0 Å². The largest absolute Gasteiger partial charge is 0.323 e. The first-order valence-corrected chi connectivity index (χ1v) is 7.82. The number of hydrogen-bond donors (Lipinski definition) is 1. The van der Waals surface area contributed by atoms with Crippen molar-refractivity contribution in [2.45, 2.75) is 4.34 Å². The normalized spacial score (nSPS) is 10.7. The standard InChI is InChI=1S/C10H7N5OS3/c16-8(4-17-10-13-11-5-18-10)12-6-2-1-3-7-9(6)15-19-14-7/h1-3,5H,4H2,(H,12,16). The van der Waals surface area contributed by atoms with Gasteiger partial charge in [-0.2, -0.15) is 8.75 Å². The van der Waals surface area contributed by atoms with Crippen molar-refractivity contribution in [2.75, 3.05) is 11.1 Å². The molecule has 0 atom stereocenters. The minimum atomic E-state index is -0.0966.